The number of aromatic carboxylic acids is 1. The molecule has 2 aromatic heterocycles. The SMILES string of the molecule is Cc1cnc(C(C)NC(=O)c2ccc(C(=O)O)s2)o1. The summed E-state index contributed by atoms with van der Waals surface area (Å²) in [7, 11) is 0. The van der Waals surface area contributed by atoms with E-state index >= 15 is 0 Å². The molecule has 0 saturated heterocycles. The summed E-state index contributed by atoms with van der Waals surface area (Å²) in [5, 5.41) is 11.5. The maximum atomic E-state index is 11.9. The van der Waals surface area contributed by atoms with Gasteiger partial charge in [0, 0.05) is 0 Å². The second-order valence-corrected chi connectivity index (χ2v) is 5.06. The maximum Gasteiger partial charge on any atom is 0.345 e. The average molecular weight is 280 g/mol. The van der Waals surface area contributed by atoms with Gasteiger partial charge in [-0.3, -0.25) is 4.79 Å². The van der Waals surface area contributed by atoms with Gasteiger partial charge in [-0.05, 0) is 26.0 Å². The van der Waals surface area contributed by atoms with Crippen molar-refractivity contribution in [1.29, 1.82) is 0 Å². The maximum absolute atomic E-state index is 11.9. The monoisotopic (exact) mass is 280 g/mol. The van der Waals surface area contributed by atoms with Gasteiger partial charge in [-0.15, -0.1) is 11.3 Å². The Balaban J connectivity index is 2.06. The molecule has 7 heteroatoms. The number of nitrogens with one attached hydrogen (secondary N) is 1. The van der Waals surface area contributed by atoms with Gasteiger partial charge in [-0.1, -0.05) is 0 Å². The first-order valence-corrected chi connectivity index (χ1v) is 6.35. The molecule has 0 spiro atoms. The molecule has 0 saturated carbocycles. The molecule has 19 heavy (non-hydrogen) atoms. The van der Waals surface area contributed by atoms with E-state index in [1.54, 1.807) is 20.0 Å². The molecule has 1 amide bonds. The Morgan fingerprint density at radius 3 is 2.63 bits per heavy atom. The van der Waals surface area contributed by atoms with Crippen LogP contribution in [0.2, 0.25) is 0 Å². The van der Waals surface area contributed by atoms with Crippen LogP contribution < -0.4 is 5.32 Å². The first kappa shape index (κ1) is 13.3. The highest BCUT2D eigenvalue weighted by Crippen LogP contribution is 2.18. The summed E-state index contributed by atoms with van der Waals surface area (Å²) < 4.78 is 5.31. The van der Waals surface area contributed by atoms with Gasteiger partial charge in [0.1, 0.15) is 16.7 Å². The number of aromatic nitrogens is 1. The third kappa shape index (κ3) is 3.00. The van der Waals surface area contributed by atoms with Gasteiger partial charge in [-0.25, -0.2) is 9.78 Å². The molecule has 0 aliphatic carbocycles. The quantitative estimate of drug-likeness (QED) is 0.896. The number of hydrogen-bond acceptors (Lipinski definition) is 5. The van der Waals surface area contributed by atoms with Crippen LogP contribution in [0, 0.1) is 6.92 Å². The van der Waals surface area contributed by atoms with E-state index in [1.807, 2.05) is 0 Å². The van der Waals surface area contributed by atoms with Gasteiger partial charge >= 0.3 is 5.97 Å². The van der Waals surface area contributed by atoms with E-state index in [4.69, 9.17) is 9.52 Å². The summed E-state index contributed by atoms with van der Waals surface area (Å²) in [6, 6.07) is 2.51. The zero-order chi connectivity index (χ0) is 14.0. The summed E-state index contributed by atoms with van der Waals surface area (Å²) in [6.45, 7) is 3.51. The third-order valence-electron chi connectivity index (χ3n) is 2.40. The van der Waals surface area contributed by atoms with Crippen molar-refractivity contribution in [2.75, 3.05) is 0 Å². The van der Waals surface area contributed by atoms with Crippen LogP contribution in [0.4, 0.5) is 0 Å². The number of carboxylic acids is 1. The fourth-order valence-electron chi connectivity index (χ4n) is 1.48. The number of aryl methyl sites for hydroxylation is 1. The molecule has 0 fully saturated rings. The number of nitrogens with zero attached hydrogens (tertiary/aromatic N) is 1. The van der Waals surface area contributed by atoms with Gasteiger partial charge in [0.15, 0.2) is 0 Å². The molecular formula is C12H12N2O4S. The number of carbonyl (C=O) groups excluding carboxylic acids is 1. The lowest BCUT2D eigenvalue weighted by Gasteiger charge is -2.08. The highest BCUT2D eigenvalue weighted by Gasteiger charge is 2.18. The number of rotatable bonds is 4. The molecule has 0 bridgehead atoms. The van der Waals surface area contributed by atoms with Crippen molar-refractivity contribution < 1.29 is 19.1 Å². The van der Waals surface area contributed by atoms with Gasteiger partial charge < -0.3 is 14.8 Å². The van der Waals surface area contributed by atoms with Crippen LogP contribution in [0.3, 0.4) is 0 Å². The minimum absolute atomic E-state index is 0.129. The largest absolute Gasteiger partial charge is 0.477 e. The van der Waals surface area contributed by atoms with Crippen molar-refractivity contribution in [3.63, 3.8) is 0 Å². The topological polar surface area (TPSA) is 92.4 Å². The molecule has 2 rings (SSSR count). The summed E-state index contributed by atoms with van der Waals surface area (Å²) >= 11 is 0.929. The summed E-state index contributed by atoms with van der Waals surface area (Å²) in [4.78, 5) is 27.1. The number of hydrogen-bond donors (Lipinski definition) is 2. The van der Waals surface area contributed by atoms with Crippen LogP contribution >= 0.6 is 11.3 Å². The molecule has 2 N–H and O–H groups in total. The minimum atomic E-state index is -1.04. The summed E-state index contributed by atoms with van der Waals surface area (Å²) in [6.07, 6.45) is 1.58. The van der Waals surface area contributed by atoms with E-state index in [-0.39, 0.29) is 16.8 Å². The Morgan fingerprint density at radius 1 is 1.42 bits per heavy atom. The molecule has 0 aliphatic heterocycles. The zero-order valence-electron chi connectivity index (χ0n) is 10.3. The Bertz CT molecular complexity index is 617. The first-order valence-electron chi connectivity index (χ1n) is 5.53. The van der Waals surface area contributed by atoms with E-state index in [9.17, 15) is 9.59 Å². The molecule has 0 aliphatic rings. The molecule has 1 atom stereocenters. The number of thiophene rings is 1. The second-order valence-electron chi connectivity index (χ2n) is 3.97. The van der Waals surface area contributed by atoms with Crippen molar-refractivity contribution in [2.24, 2.45) is 0 Å². The van der Waals surface area contributed by atoms with Crippen LogP contribution in [-0.2, 0) is 0 Å². The normalized spacial score (nSPS) is 12.1. The van der Waals surface area contributed by atoms with Crippen molar-refractivity contribution in [1.82, 2.24) is 10.3 Å². The number of carboxylic acid groups (broad SMARTS) is 1. The van der Waals surface area contributed by atoms with E-state index < -0.39 is 5.97 Å². The van der Waals surface area contributed by atoms with Crippen LogP contribution in [0.5, 0.6) is 0 Å². The van der Waals surface area contributed by atoms with Crippen molar-refractivity contribution in [2.45, 2.75) is 19.9 Å². The fraction of sp³-hybridized carbons (Fsp3) is 0.250. The van der Waals surface area contributed by atoms with E-state index in [1.165, 1.54) is 12.1 Å². The first-order chi connectivity index (χ1) is 8.97. The molecule has 0 aromatic carbocycles. The third-order valence-corrected chi connectivity index (χ3v) is 3.47. The van der Waals surface area contributed by atoms with Crippen molar-refractivity contribution in [3.05, 3.63) is 39.7 Å². The Labute approximate surface area is 113 Å². The predicted octanol–water partition coefficient (Wildman–Crippen LogP) is 2.23. The minimum Gasteiger partial charge on any atom is -0.477 e. The van der Waals surface area contributed by atoms with E-state index in [2.05, 4.69) is 10.3 Å². The van der Waals surface area contributed by atoms with Gasteiger partial charge in [0.05, 0.1) is 11.1 Å². The lowest BCUT2D eigenvalue weighted by atomic mass is 10.3. The van der Waals surface area contributed by atoms with Crippen LogP contribution in [0.25, 0.3) is 0 Å². The Hall–Kier alpha value is -2.15. The van der Waals surface area contributed by atoms with E-state index in [0.29, 0.717) is 16.5 Å². The van der Waals surface area contributed by atoms with Gasteiger partial charge in [0.2, 0.25) is 5.89 Å². The highest BCUT2D eigenvalue weighted by atomic mass is 32.1. The number of amides is 1. The highest BCUT2D eigenvalue weighted by molar-refractivity contribution is 7.15. The van der Waals surface area contributed by atoms with Crippen LogP contribution in [-0.4, -0.2) is 22.0 Å². The van der Waals surface area contributed by atoms with Crippen LogP contribution in [0.1, 0.15) is 44.0 Å². The molecule has 6 nitrogen and oxygen atoms in total. The lowest BCUT2D eigenvalue weighted by Crippen LogP contribution is -2.26. The lowest BCUT2D eigenvalue weighted by molar-refractivity contribution is 0.0702. The average Bonchev–Trinajstić information content (AvgIpc) is 2.96. The Kier molecular flexibility index (Phi) is 3.66. The molecule has 2 aromatic rings. The molecular weight excluding hydrogens is 268 g/mol. The zero-order valence-corrected chi connectivity index (χ0v) is 11.2. The fourth-order valence-corrected chi connectivity index (χ4v) is 2.22. The van der Waals surface area contributed by atoms with Crippen molar-refractivity contribution >= 4 is 23.2 Å². The molecule has 0 radical (unpaired) electrons. The molecule has 1 unspecified atom stereocenters. The predicted molar refractivity (Wildman–Crippen MR) is 68.4 cm³/mol. The van der Waals surface area contributed by atoms with Crippen molar-refractivity contribution in [3.8, 4) is 0 Å². The van der Waals surface area contributed by atoms with Gasteiger partial charge in [-0.2, -0.15) is 0 Å². The summed E-state index contributed by atoms with van der Waals surface area (Å²) in [5.74, 6) is -0.303. The molecule has 100 valence electrons. The van der Waals surface area contributed by atoms with Gasteiger partial charge in [0.25, 0.3) is 5.91 Å². The molecule has 2 heterocycles. The Morgan fingerprint density at radius 2 is 2.11 bits per heavy atom. The second kappa shape index (κ2) is 5.23. The number of carbonyl (C=O) groups is 2. The standard InChI is InChI=1S/C12H12N2O4S/c1-6-5-13-11(18-6)7(2)14-10(15)8-3-4-9(19-8)12(16)17/h3-5,7H,1-2H3,(H,14,15)(H,16,17). The number of oxazole rings is 1. The smallest absolute Gasteiger partial charge is 0.345 e. The van der Waals surface area contributed by atoms with E-state index in [0.717, 1.165) is 11.3 Å². The van der Waals surface area contributed by atoms with Crippen LogP contribution in [0.15, 0.2) is 22.7 Å². The summed E-state index contributed by atoms with van der Waals surface area (Å²) in [5.41, 5.74) is 0.